The van der Waals surface area contributed by atoms with Gasteiger partial charge in [0.15, 0.2) is 11.5 Å². The van der Waals surface area contributed by atoms with E-state index < -0.39 is 22.1 Å². The molecule has 160 valence electrons. The zero-order valence-corrected chi connectivity index (χ0v) is 19.4. The second-order valence-electron chi connectivity index (χ2n) is 5.65. The summed E-state index contributed by atoms with van der Waals surface area (Å²) in [5, 5.41) is 0. The Bertz CT molecular complexity index is 1040. The molecule has 30 heavy (non-hydrogen) atoms. The first-order valence-corrected chi connectivity index (χ1v) is 11.1. The Balaban J connectivity index is 2.54. The zero-order valence-electron chi connectivity index (χ0n) is 16.4. The third-order valence-corrected chi connectivity index (χ3v) is 5.72. The van der Waals surface area contributed by atoms with Gasteiger partial charge in [-0.3, -0.25) is 0 Å². The number of methoxy groups -OCH3 is 2. The number of benzene rings is 2. The van der Waals surface area contributed by atoms with Gasteiger partial charge in [-0.25, -0.2) is 9.59 Å². The summed E-state index contributed by atoms with van der Waals surface area (Å²) in [4.78, 5) is 23.8. The smallest absolute Gasteiger partial charge is 0.345 e. The summed E-state index contributed by atoms with van der Waals surface area (Å²) in [5.74, 6) is -1.62. The van der Waals surface area contributed by atoms with Gasteiger partial charge in [-0.15, -0.1) is 0 Å². The zero-order chi connectivity index (χ0) is 22.3. The van der Waals surface area contributed by atoms with Crippen LogP contribution in [-0.4, -0.2) is 41.2 Å². The molecule has 0 unspecified atom stereocenters. The molecule has 2 aromatic carbocycles. The number of carbonyl (C=O) groups is 2. The highest BCUT2D eigenvalue weighted by Crippen LogP contribution is 2.37. The van der Waals surface area contributed by atoms with Gasteiger partial charge in [0.2, 0.25) is 0 Å². The third kappa shape index (κ3) is 5.72. The van der Waals surface area contributed by atoms with Crippen LogP contribution in [0.5, 0.6) is 11.5 Å². The first-order valence-electron chi connectivity index (χ1n) is 8.57. The minimum Gasteiger partial charge on any atom is -0.490 e. The number of hydrogen-bond donors (Lipinski definition) is 0. The molecule has 10 heteroatoms. The lowest BCUT2D eigenvalue weighted by atomic mass is 10.1. The van der Waals surface area contributed by atoms with E-state index in [4.69, 9.17) is 8.92 Å². The van der Waals surface area contributed by atoms with Gasteiger partial charge in [0.25, 0.3) is 0 Å². The van der Waals surface area contributed by atoms with Crippen molar-refractivity contribution in [2.24, 2.45) is 0 Å². The lowest BCUT2D eigenvalue weighted by Gasteiger charge is -2.15. The number of halogens is 1. The maximum atomic E-state index is 12.6. The Labute approximate surface area is 188 Å². The lowest BCUT2D eigenvalue weighted by Crippen LogP contribution is -2.15. The first kappa shape index (κ1) is 23.7. The monoisotopic (exact) mass is 546 g/mol. The molecule has 2 aromatic rings. The van der Waals surface area contributed by atoms with Crippen molar-refractivity contribution in [1.82, 2.24) is 0 Å². The largest absolute Gasteiger partial charge is 0.490 e. The molecule has 0 radical (unpaired) electrons. The molecule has 0 amide bonds. The predicted octanol–water partition coefficient (Wildman–Crippen LogP) is 3.19. The maximum Gasteiger partial charge on any atom is 0.345 e. The summed E-state index contributed by atoms with van der Waals surface area (Å²) in [6.45, 7) is 1.95. The van der Waals surface area contributed by atoms with Crippen LogP contribution in [0.1, 0.15) is 12.5 Å². The fourth-order valence-corrected chi connectivity index (χ4v) is 4.21. The molecule has 2 rings (SSSR count). The number of esters is 2. The molecule has 0 spiro atoms. The average molecular weight is 546 g/mol. The molecule has 0 heterocycles. The quantitative estimate of drug-likeness (QED) is 0.124. The van der Waals surface area contributed by atoms with Crippen molar-refractivity contribution in [3.63, 3.8) is 0 Å². The minimum absolute atomic E-state index is 0.00357. The van der Waals surface area contributed by atoms with Crippen LogP contribution in [0.25, 0.3) is 6.08 Å². The van der Waals surface area contributed by atoms with Crippen molar-refractivity contribution in [1.29, 1.82) is 0 Å². The summed E-state index contributed by atoms with van der Waals surface area (Å²) in [6, 6.07) is 10.7. The molecular formula is C20H19IO8S. The molecular weight excluding hydrogens is 527 g/mol. The second-order valence-corrected chi connectivity index (χ2v) is 8.36. The van der Waals surface area contributed by atoms with Crippen LogP contribution in [-0.2, 0) is 29.2 Å². The van der Waals surface area contributed by atoms with Crippen LogP contribution in [0.15, 0.2) is 52.9 Å². The van der Waals surface area contributed by atoms with Crippen LogP contribution >= 0.6 is 22.6 Å². The molecule has 0 atom stereocenters. The van der Waals surface area contributed by atoms with E-state index in [9.17, 15) is 18.0 Å². The molecule has 8 nitrogen and oxygen atoms in total. The molecule has 0 aliphatic heterocycles. The van der Waals surface area contributed by atoms with Gasteiger partial charge in [-0.05, 0) is 65.4 Å². The van der Waals surface area contributed by atoms with E-state index in [0.717, 1.165) is 14.2 Å². The fraction of sp³-hybridized carbons (Fsp3) is 0.200. The van der Waals surface area contributed by atoms with Crippen LogP contribution < -0.4 is 8.92 Å². The van der Waals surface area contributed by atoms with Gasteiger partial charge < -0.3 is 18.4 Å². The molecule has 0 saturated carbocycles. The van der Waals surface area contributed by atoms with Crippen molar-refractivity contribution < 1.29 is 36.4 Å². The summed E-state index contributed by atoms with van der Waals surface area (Å²) in [5.41, 5.74) is 0.0573. The highest BCUT2D eigenvalue weighted by molar-refractivity contribution is 14.1. The van der Waals surface area contributed by atoms with Crippen LogP contribution in [0.4, 0.5) is 0 Å². The Kier molecular flexibility index (Phi) is 8.24. The fourth-order valence-electron chi connectivity index (χ4n) is 2.35. The van der Waals surface area contributed by atoms with Gasteiger partial charge in [-0.1, -0.05) is 18.2 Å². The van der Waals surface area contributed by atoms with Crippen LogP contribution in [0.3, 0.4) is 0 Å². The van der Waals surface area contributed by atoms with Gasteiger partial charge >= 0.3 is 22.1 Å². The van der Waals surface area contributed by atoms with E-state index >= 15 is 0 Å². The highest BCUT2D eigenvalue weighted by atomic mass is 127. The molecule has 0 N–H and O–H groups in total. The Morgan fingerprint density at radius 2 is 1.63 bits per heavy atom. The van der Waals surface area contributed by atoms with E-state index in [1.54, 1.807) is 25.1 Å². The number of rotatable bonds is 8. The van der Waals surface area contributed by atoms with Crippen molar-refractivity contribution in [2.75, 3.05) is 20.8 Å². The first-order chi connectivity index (χ1) is 14.2. The number of hydrogen-bond acceptors (Lipinski definition) is 8. The maximum absolute atomic E-state index is 12.6. The van der Waals surface area contributed by atoms with Gasteiger partial charge in [0, 0.05) is 0 Å². The highest BCUT2D eigenvalue weighted by Gasteiger charge is 2.24. The van der Waals surface area contributed by atoms with Gasteiger partial charge in [0.1, 0.15) is 10.5 Å². The average Bonchev–Trinajstić information content (AvgIpc) is 2.74. The summed E-state index contributed by atoms with van der Waals surface area (Å²) < 4.78 is 45.7. The third-order valence-electron chi connectivity index (χ3n) is 3.68. The van der Waals surface area contributed by atoms with Crippen molar-refractivity contribution >= 4 is 50.7 Å². The summed E-state index contributed by atoms with van der Waals surface area (Å²) in [6.07, 6.45) is 1.26. The molecule has 0 aromatic heterocycles. The van der Waals surface area contributed by atoms with Crippen LogP contribution in [0, 0.1) is 3.57 Å². The molecule has 0 aliphatic rings. The molecule has 0 aliphatic carbocycles. The topological polar surface area (TPSA) is 105 Å². The standard InChI is InChI=1S/C20H19IO8S/c1-4-28-17-12-13(10-15(19(22)26-2)20(23)27-3)11-16(21)18(17)29-30(24,25)14-8-6-5-7-9-14/h5-12H,4H2,1-3H3. The lowest BCUT2D eigenvalue weighted by molar-refractivity contribution is -0.143. The summed E-state index contributed by atoms with van der Waals surface area (Å²) in [7, 11) is -1.82. The minimum atomic E-state index is -4.10. The summed E-state index contributed by atoms with van der Waals surface area (Å²) >= 11 is 1.88. The number of ether oxygens (including phenoxy) is 3. The van der Waals surface area contributed by atoms with E-state index in [1.165, 1.54) is 30.3 Å². The molecule has 0 fully saturated rings. The predicted molar refractivity (Wildman–Crippen MR) is 117 cm³/mol. The van der Waals surface area contributed by atoms with E-state index in [2.05, 4.69) is 9.47 Å². The van der Waals surface area contributed by atoms with Crippen molar-refractivity contribution in [3.8, 4) is 11.5 Å². The van der Waals surface area contributed by atoms with Crippen molar-refractivity contribution in [2.45, 2.75) is 11.8 Å². The number of carbonyl (C=O) groups excluding carboxylic acids is 2. The normalized spacial score (nSPS) is 10.7. The van der Waals surface area contributed by atoms with E-state index in [0.29, 0.717) is 9.13 Å². The van der Waals surface area contributed by atoms with Crippen molar-refractivity contribution in [3.05, 3.63) is 57.2 Å². The second kappa shape index (κ2) is 10.4. The molecule has 0 saturated heterocycles. The van der Waals surface area contributed by atoms with E-state index in [1.807, 2.05) is 22.6 Å². The SMILES string of the molecule is CCOc1cc(C=C(C(=O)OC)C(=O)OC)cc(I)c1OS(=O)(=O)c1ccccc1. The Morgan fingerprint density at radius 3 is 2.17 bits per heavy atom. The van der Waals surface area contributed by atoms with E-state index in [-0.39, 0.29) is 28.6 Å². The van der Waals surface area contributed by atoms with Gasteiger partial charge in [-0.2, -0.15) is 8.42 Å². The van der Waals surface area contributed by atoms with Gasteiger partial charge in [0.05, 0.1) is 24.4 Å². The molecule has 0 bridgehead atoms. The van der Waals surface area contributed by atoms with Crippen LogP contribution in [0.2, 0.25) is 0 Å². The Hall–Kier alpha value is -2.60. The Morgan fingerprint density at radius 1 is 1.03 bits per heavy atom.